The number of methoxy groups -OCH3 is 1. The molecule has 0 saturated carbocycles. The van der Waals surface area contributed by atoms with Gasteiger partial charge in [-0.05, 0) is 49.3 Å². The number of hydrogen-bond acceptors (Lipinski definition) is 5. The van der Waals surface area contributed by atoms with Crippen LogP contribution < -0.4 is 0 Å². The highest BCUT2D eigenvalue weighted by molar-refractivity contribution is 7.14. The van der Waals surface area contributed by atoms with Crippen molar-refractivity contribution in [2.24, 2.45) is 5.92 Å². The number of ether oxygens (including phenoxy) is 1. The van der Waals surface area contributed by atoms with Gasteiger partial charge in [0.05, 0.1) is 30.7 Å². The fourth-order valence-corrected chi connectivity index (χ4v) is 5.01. The molecular weight excluding hydrogens is 458 g/mol. The third-order valence-corrected chi connectivity index (χ3v) is 7.39. The van der Waals surface area contributed by atoms with Gasteiger partial charge >= 0.3 is 5.97 Å². The molecule has 1 N–H and O–H groups in total. The first-order valence-corrected chi connectivity index (χ1v) is 13.2. The maximum atomic E-state index is 12.3. The third-order valence-electron chi connectivity index (χ3n) is 6.41. The lowest BCUT2D eigenvalue weighted by Crippen LogP contribution is -2.32. The number of thiophene rings is 1. The molecule has 35 heavy (non-hydrogen) atoms. The standard InChI is InChI=1S/C29H35NO4S/c1-22(10-5-3-6-11-23-12-7-4-8-13-23)26(31)18-15-24-16-20-28(32)30(24)21-9-14-25-17-19-27(35-25)29(33)34-2/h4,7-8,12-13,15,17-19,22,24,26,31H,3,5-6,10-11,16,20-21H2,1-2H3/b18-15+/t22-,24-,26+/m0/s1. The van der Waals surface area contributed by atoms with Crippen molar-refractivity contribution in [2.45, 2.75) is 64.0 Å². The van der Waals surface area contributed by atoms with E-state index >= 15 is 0 Å². The van der Waals surface area contributed by atoms with Crippen LogP contribution in [0.3, 0.4) is 0 Å². The highest BCUT2D eigenvalue weighted by atomic mass is 32.1. The minimum Gasteiger partial charge on any atom is -0.465 e. The van der Waals surface area contributed by atoms with E-state index in [1.165, 1.54) is 30.4 Å². The van der Waals surface area contributed by atoms with Crippen LogP contribution in [0.1, 0.15) is 65.6 Å². The Morgan fingerprint density at radius 2 is 2.03 bits per heavy atom. The number of benzene rings is 1. The number of likely N-dealkylation sites (tertiary alicyclic amines) is 1. The van der Waals surface area contributed by atoms with E-state index in [1.807, 2.05) is 18.2 Å². The van der Waals surface area contributed by atoms with E-state index in [1.54, 1.807) is 17.0 Å². The number of unbranched alkanes of at least 4 members (excludes halogenated alkanes) is 2. The van der Waals surface area contributed by atoms with Crippen LogP contribution in [0.25, 0.3) is 0 Å². The molecule has 0 aliphatic carbocycles. The van der Waals surface area contributed by atoms with E-state index in [9.17, 15) is 14.7 Å². The Morgan fingerprint density at radius 3 is 2.80 bits per heavy atom. The average molecular weight is 494 g/mol. The zero-order valence-corrected chi connectivity index (χ0v) is 21.4. The molecule has 3 atom stereocenters. The number of rotatable bonds is 11. The first kappa shape index (κ1) is 26.7. The summed E-state index contributed by atoms with van der Waals surface area (Å²) < 4.78 is 4.72. The van der Waals surface area contributed by atoms with E-state index in [4.69, 9.17) is 4.74 Å². The quantitative estimate of drug-likeness (QED) is 0.201. The molecule has 1 aliphatic heterocycles. The highest BCUT2D eigenvalue weighted by Crippen LogP contribution is 2.22. The van der Waals surface area contributed by atoms with E-state index in [0.717, 1.165) is 37.0 Å². The molecule has 5 nitrogen and oxygen atoms in total. The fraction of sp³-hybridized carbons (Fsp3) is 0.448. The summed E-state index contributed by atoms with van der Waals surface area (Å²) in [7, 11) is 1.35. The summed E-state index contributed by atoms with van der Waals surface area (Å²) in [5.41, 5.74) is 1.38. The molecule has 1 aromatic heterocycles. The Morgan fingerprint density at radius 1 is 1.23 bits per heavy atom. The number of aliphatic hydroxyl groups excluding tert-OH is 1. The lowest BCUT2D eigenvalue weighted by molar-refractivity contribution is -0.127. The predicted molar refractivity (Wildman–Crippen MR) is 140 cm³/mol. The summed E-state index contributed by atoms with van der Waals surface area (Å²) in [6.45, 7) is 2.41. The lowest BCUT2D eigenvalue weighted by Gasteiger charge is -2.21. The van der Waals surface area contributed by atoms with Crippen LogP contribution in [0.15, 0.2) is 54.6 Å². The van der Waals surface area contributed by atoms with Crippen LogP contribution in [-0.2, 0) is 16.0 Å². The number of amides is 1. The molecule has 2 heterocycles. The van der Waals surface area contributed by atoms with Crippen molar-refractivity contribution < 1.29 is 19.4 Å². The smallest absolute Gasteiger partial charge is 0.348 e. The van der Waals surface area contributed by atoms with Crippen molar-refractivity contribution >= 4 is 23.2 Å². The van der Waals surface area contributed by atoms with Gasteiger partial charge < -0.3 is 14.7 Å². The van der Waals surface area contributed by atoms with Crippen molar-refractivity contribution in [3.63, 3.8) is 0 Å². The molecule has 1 fully saturated rings. The number of esters is 1. The summed E-state index contributed by atoms with van der Waals surface area (Å²) in [6, 6.07) is 14.0. The second-order valence-electron chi connectivity index (χ2n) is 9.02. The summed E-state index contributed by atoms with van der Waals surface area (Å²) in [4.78, 5) is 26.9. The van der Waals surface area contributed by atoms with E-state index in [-0.39, 0.29) is 23.8 Å². The monoisotopic (exact) mass is 493 g/mol. The molecule has 0 spiro atoms. The molecule has 1 aromatic carbocycles. The van der Waals surface area contributed by atoms with Gasteiger partial charge in [-0.25, -0.2) is 4.79 Å². The molecule has 186 valence electrons. The lowest BCUT2D eigenvalue weighted by atomic mass is 9.95. The number of carbonyl (C=O) groups excluding carboxylic acids is 2. The van der Waals surface area contributed by atoms with Crippen molar-refractivity contribution in [3.05, 3.63) is 69.9 Å². The van der Waals surface area contributed by atoms with Gasteiger partial charge in [-0.1, -0.05) is 74.1 Å². The number of aryl methyl sites for hydroxylation is 1. The number of aliphatic hydroxyl groups is 1. The number of carbonyl (C=O) groups is 2. The van der Waals surface area contributed by atoms with Gasteiger partial charge in [0.1, 0.15) is 4.88 Å². The zero-order chi connectivity index (χ0) is 25.0. The number of hydrogen-bond donors (Lipinski definition) is 1. The molecular formula is C29H35NO4S. The maximum Gasteiger partial charge on any atom is 0.348 e. The van der Waals surface area contributed by atoms with Gasteiger partial charge in [0, 0.05) is 6.42 Å². The van der Waals surface area contributed by atoms with Gasteiger partial charge in [0.15, 0.2) is 0 Å². The van der Waals surface area contributed by atoms with E-state index in [2.05, 4.69) is 43.0 Å². The molecule has 1 aliphatic rings. The normalized spacial score (nSPS) is 17.3. The van der Waals surface area contributed by atoms with Crippen LogP contribution >= 0.6 is 11.3 Å². The second kappa shape index (κ2) is 13.9. The molecule has 3 rings (SSSR count). The average Bonchev–Trinajstić information content (AvgIpc) is 3.49. The molecule has 0 bridgehead atoms. The van der Waals surface area contributed by atoms with Crippen LogP contribution in [0.2, 0.25) is 0 Å². The largest absolute Gasteiger partial charge is 0.465 e. The molecule has 1 saturated heterocycles. The maximum absolute atomic E-state index is 12.3. The van der Waals surface area contributed by atoms with Crippen LogP contribution in [0, 0.1) is 17.8 Å². The van der Waals surface area contributed by atoms with E-state index < -0.39 is 6.10 Å². The van der Waals surface area contributed by atoms with Crippen molar-refractivity contribution in [3.8, 4) is 11.8 Å². The molecule has 6 heteroatoms. The summed E-state index contributed by atoms with van der Waals surface area (Å²) >= 11 is 1.28. The number of nitrogens with zero attached hydrogens (tertiary/aromatic N) is 1. The van der Waals surface area contributed by atoms with Gasteiger partial charge in [0.25, 0.3) is 0 Å². The van der Waals surface area contributed by atoms with Crippen molar-refractivity contribution in [1.29, 1.82) is 0 Å². The van der Waals surface area contributed by atoms with Gasteiger partial charge in [0.2, 0.25) is 5.91 Å². The fourth-order valence-electron chi connectivity index (χ4n) is 4.21. The van der Waals surface area contributed by atoms with Gasteiger partial charge in [-0.2, -0.15) is 0 Å². The highest BCUT2D eigenvalue weighted by Gasteiger charge is 2.28. The SMILES string of the molecule is COC(=O)c1ccc(C#CCN2C(=O)CC[C@@H]2/C=C/[C@@H](O)[C@@H](C)CCCCCc2ccccc2)s1. The van der Waals surface area contributed by atoms with Crippen LogP contribution in [-0.4, -0.2) is 47.7 Å². The Hall–Kier alpha value is -2.88. The summed E-state index contributed by atoms with van der Waals surface area (Å²) in [5, 5.41) is 10.6. The van der Waals surface area contributed by atoms with Crippen molar-refractivity contribution in [2.75, 3.05) is 13.7 Å². The zero-order valence-electron chi connectivity index (χ0n) is 20.6. The third kappa shape index (κ3) is 8.38. The summed E-state index contributed by atoms with van der Waals surface area (Å²) in [6.07, 6.45) is 10.0. The Labute approximate surface area is 212 Å². The Bertz CT molecular complexity index is 1050. The topological polar surface area (TPSA) is 66.8 Å². The van der Waals surface area contributed by atoms with Gasteiger partial charge in [-0.15, -0.1) is 11.3 Å². The predicted octanol–water partition coefficient (Wildman–Crippen LogP) is 5.23. The molecule has 0 radical (unpaired) electrons. The molecule has 1 amide bonds. The molecule has 0 unspecified atom stereocenters. The Kier molecular flexibility index (Phi) is 10.6. The first-order valence-electron chi connectivity index (χ1n) is 12.3. The van der Waals surface area contributed by atoms with E-state index in [0.29, 0.717) is 17.8 Å². The minimum atomic E-state index is -0.518. The Balaban J connectivity index is 1.42. The second-order valence-corrected chi connectivity index (χ2v) is 10.1. The summed E-state index contributed by atoms with van der Waals surface area (Å²) in [5.74, 6) is 5.97. The van der Waals surface area contributed by atoms with Crippen LogP contribution in [0.5, 0.6) is 0 Å². The molecule has 2 aromatic rings. The minimum absolute atomic E-state index is 0.0431. The van der Waals surface area contributed by atoms with Crippen LogP contribution in [0.4, 0.5) is 0 Å². The first-order chi connectivity index (χ1) is 17.0. The van der Waals surface area contributed by atoms with Gasteiger partial charge in [-0.3, -0.25) is 4.79 Å². The van der Waals surface area contributed by atoms with Crippen molar-refractivity contribution in [1.82, 2.24) is 4.90 Å².